The zero-order valence-corrected chi connectivity index (χ0v) is 7.65. The lowest BCUT2D eigenvalue weighted by molar-refractivity contribution is 0.0403. The van der Waals surface area contributed by atoms with Crippen molar-refractivity contribution < 1.29 is 4.39 Å². The van der Waals surface area contributed by atoms with Gasteiger partial charge in [-0.1, -0.05) is 13.8 Å². The van der Waals surface area contributed by atoms with Gasteiger partial charge in [-0.25, -0.2) is 4.39 Å². The van der Waals surface area contributed by atoms with Crippen LogP contribution in [0.15, 0.2) is 0 Å². The van der Waals surface area contributed by atoms with E-state index in [-0.39, 0.29) is 5.92 Å². The van der Waals surface area contributed by atoms with Gasteiger partial charge in [0.1, 0.15) is 5.67 Å². The number of hydrogen-bond donors (Lipinski definition) is 1. The second-order valence-electron chi connectivity index (χ2n) is 4.08. The Morgan fingerprint density at radius 1 is 1.55 bits per heavy atom. The molecule has 11 heavy (non-hydrogen) atoms. The molecule has 1 N–H and O–H groups in total. The van der Waals surface area contributed by atoms with Crippen molar-refractivity contribution in [3.63, 3.8) is 0 Å². The molecular formula is C9H18FN. The van der Waals surface area contributed by atoms with Gasteiger partial charge in [-0.15, -0.1) is 0 Å². The molecule has 0 aliphatic carbocycles. The molecule has 1 heterocycles. The van der Waals surface area contributed by atoms with Gasteiger partial charge in [-0.2, -0.15) is 0 Å². The Balaban J connectivity index is 2.60. The molecule has 0 aromatic carbocycles. The van der Waals surface area contributed by atoms with Crippen molar-refractivity contribution >= 4 is 0 Å². The van der Waals surface area contributed by atoms with E-state index in [1.807, 2.05) is 0 Å². The van der Waals surface area contributed by atoms with Crippen molar-refractivity contribution in [2.75, 3.05) is 13.1 Å². The van der Waals surface area contributed by atoms with Gasteiger partial charge in [0.15, 0.2) is 0 Å². The summed E-state index contributed by atoms with van der Waals surface area (Å²) in [7, 11) is 0. The highest BCUT2D eigenvalue weighted by Crippen LogP contribution is 2.33. The van der Waals surface area contributed by atoms with E-state index in [1.54, 1.807) is 6.92 Å². The lowest BCUT2D eigenvalue weighted by atomic mass is 9.78. The molecule has 1 fully saturated rings. The molecule has 1 rings (SSSR count). The average molecular weight is 159 g/mol. The van der Waals surface area contributed by atoms with Crippen LogP contribution in [0.25, 0.3) is 0 Å². The quantitative estimate of drug-likeness (QED) is 0.617. The second-order valence-corrected chi connectivity index (χ2v) is 4.08. The van der Waals surface area contributed by atoms with Crippen molar-refractivity contribution in [1.82, 2.24) is 5.32 Å². The van der Waals surface area contributed by atoms with Crippen molar-refractivity contribution in [3.8, 4) is 0 Å². The summed E-state index contributed by atoms with van der Waals surface area (Å²) in [6, 6.07) is 0. The highest BCUT2D eigenvalue weighted by Gasteiger charge is 2.37. The Bertz CT molecular complexity index is 132. The summed E-state index contributed by atoms with van der Waals surface area (Å²) in [5, 5.41) is 3.23. The summed E-state index contributed by atoms with van der Waals surface area (Å²) in [6.45, 7) is 7.59. The highest BCUT2D eigenvalue weighted by molar-refractivity contribution is 4.90. The predicted octanol–water partition coefficient (Wildman–Crippen LogP) is 1.98. The monoisotopic (exact) mass is 159 g/mol. The minimum Gasteiger partial charge on any atom is -0.316 e. The van der Waals surface area contributed by atoms with E-state index in [0.717, 1.165) is 13.1 Å². The van der Waals surface area contributed by atoms with Gasteiger partial charge < -0.3 is 5.32 Å². The van der Waals surface area contributed by atoms with Crippen LogP contribution in [0.5, 0.6) is 0 Å². The van der Waals surface area contributed by atoms with Crippen LogP contribution in [0.4, 0.5) is 4.39 Å². The summed E-state index contributed by atoms with van der Waals surface area (Å²) in [6.07, 6.45) is 0.663. The fraction of sp³-hybridized carbons (Fsp3) is 1.00. The lowest BCUT2D eigenvalue weighted by Gasteiger charge is -2.37. The van der Waals surface area contributed by atoms with Gasteiger partial charge in [-0.3, -0.25) is 0 Å². The molecule has 0 saturated carbocycles. The summed E-state index contributed by atoms with van der Waals surface area (Å²) in [5.41, 5.74) is -0.945. The third kappa shape index (κ3) is 1.92. The molecule has 0 amide bonds. The predicted molar refractivity (Wildman–Crippen MR) is 45.3 cm³/mol. The fourth-order valence-electron chi connectivity index (χ4n) is 1.92. The van der Waals surface area contributed by atoms with Crippen LogP contribution in [0.3, 0.4) is 0 Å². The summed E-state index contributed by atoms with van der Waals surface area (Å²) < 4.78 is 13.7. The molecule has 1 aliphatic rings. The fourth-order valence-corrected chi connectivity index (χ4v) is 1.92. The highest BCUT2D eigenvalue weighted by atomic mass is 19.1. The number of alkyl halides is 1. The number of hydrogen-bond acceptors (Lipinski definition) is 1. The molecule has 0 aromatic heterocycles. The van der Waals surface area contributed by atoms with Crippen molar-refractivity contribution in [2.24, 2.45) is 11.8 Å². The van der Waals surface area contributed by atoms with Crippen LogP contribution in [-0.2, 0) is 0 Å². The van der Waals surface area contributed by atoms with Crippen LogP contribution in [0, 0.1) is 11.8 Å². The van der Waals surface area contributed by atoms with Crippen molar-refractivity contribution in [2.45, 2.75) is 32.9 Å². The van der Waals surface area contributed by atoms with Crippen LogP contribution in [0.1, 0.15) is 27.2 Å². The minimum absolute atomic E-state index is 0.191. The second kappa shape index (κ2) is 3.10. The number of nitrogens with one attached hydrogen (secondary N) is 1. The van der Waals surface area contributed by atoms with Gasteiger partial charge in [-0.05, 0) is 25.8 Å². The van der Waals surface area contributed by atoms with E-state index in [0.29, 0.717) is 12.3 Å². The summed E-state index contributed by atoms with van der Waals surface area (Å²) in [5.74, 6) is 0.633. The lowest BCUT2D eigenvalue weighted by Crippen LogP contribution is -2.47. The summed E-state index contributed by atoms with van der Waals surface area (Å²) >= 11 is 0. The minimum atomic E-state index is -0.945. The molecule has 1 nitrogen and oxygen atoms in total. The molecule has 0 radical (unpaired) electrons. The third-order valence-electron chi connectivity index (χ3n) is 2.73. The topological polar surface area (TPSA) is 12.0 Å². The Morgan fingerprint density at radius 2 is 2.18 bits per heavy atom. The van der Waals surface area contributed by atoms with Gasteiger partial charge in [0.05, 0.1) is 0 Å². The van der Waals surface area contributed by atoms with Crippen LogP contribution in [0.2, 0.25) is 0 Å². The van der Waals surface area contributed by atoms with E-state index in [1.165, 1.54) is 0 Å². The first kappa shape index (κ1) is 8.98. The van der Waals surface area contributed by atoms with E-state index in [4.69, 9.17) is 0 Å². The van der Waals surface area contributed by atoms with Crippen molar-refractivity contribution in [3.05, 3.63) is 0 Å². The number of halogens is 1. The Hall–Kier alpha value is -0.110. The van der Waals surface area contributed by atoms with Gasteiger partial charge >= 0.3 is 0 Å². The number of piperidine rings is 1. The van der Waals surface area contributed by atoms with E-state index in [2.05, 4.69) is 19.2 Å². The van der Waals surface area contributed by atoms with Crippen LogP contribution in [-0.4, -0.2) is 18.8 Å². The average Bonchev–Trinajstić information content (AvgIpc) is 1.85. The maximum absolute atomic E-state index is 13.7. The van der Waals surface area contributed by atoms with Gasteiger partial charge in [0.2, 0.25) is 0 Å². The van der Waals surface area contributed by atoms with Crippen LogP contribution < -0.4 is 5.32 Å². The first-order chi connectivity index (χ1) is 5.04. The van der Waals surface area contributed by atoms with Crippen molar-refractivity contribution in [1.29, 1.82) is 0 Å². The molecule has 2 unspecified atom stereocenters. The smallest absolute Gasteiger partial charge is 0.113 e. The normalized spacial score (nSPS) is 39.5. The first-order valence-corrected chi connectivity index (χ1v) is 4.43. The molecule has 0 aromatic rings. The zero-order chi connectivity index (χ0) is 8.48. The Kier molecular flexibility index (Phi) is 2.53. The van der Waals surface area contributed by atoms with Gasteiger partial charge in [0.25, 0.3) is 0 Å². The molecule has 1 saturated heterocycles. The maximum atomic E-state index is 13.7. The third-order valence-corrected chi connectivity index (χ3v) is 2.73. The maximum Gasteiger partial charge on any atom is 0.113 e. The Morgan fingerprint density at radius 3 is 2.55 bits per heavy atom. The van der Waals surface area contributed by atoms with E-state index in [9.17, 15) is 4.39 Å². The molecule has 2 heteroatoms. The molecule has 1 aliphatic heterocycles. The SMILES string of the molecule is CC(C)C1CNCCC1(C)F. The zero-order valence-electron chi connectivity index (χ0n) is 7.65. The first-order valence-electron chi connectivity index (χ1n) is 4.43. The largest absolute Gasteiger partial charge is 0.316 e. The molecule has 0 spiro atoms. The Labute approximate surface area is 68.4 Å². The number of rotatable bonds is 1. The standard InChI is InChI=1S/C9H18FN/c1-7(2)8-6-11-5-4-9(8,3)10/h7-8,11H,4-6H2,1-3H3. The van der Waals surface area contributed by atoms with E-state index < -0.39 is 5.67 Å². The molecular weight excluding hydrogens is 141 g/mol. The molecule has 66 valence electrons. The molecule has 2 atom stereocenters. The van der Waals surface area contributed by atoms with E-state index >= 15 is 0 Å². The van der Waals surface area contributed by atoms with Gasteiger partial charge in [0, 0.05) is 12.5 Å². The summed E-state index contributed by atoms with van der Waals surface area (Å²) in [4.78, 5) is 0. The van der Waals surface area contributed by atoms with Crippen LogP contribution >= 0.6 is 0 Å². The molecule has 0 bridgehead atoms.